The number of amides is 1. The fourth-order valence-corrected chi connectivity index (χ4v) is 6.80. The lowest BCUT2D eigenvalue weighted by Gasteiger charge is -2.27. The zero-order valence-corrected chi connectivity index (χ0v) is 24.5. The maximum atomic E-state index is 14.8. The second kappa shape index (κ2) is 10.1. The number of aryl methyl sites for hydroxylation is 2. The van der Waals surface area contributed by atoms with E-state index in [1.807, 2.05) is 97.1 Å². The van der Waals surface area contributed by atoms with Crippen molar-refractivity contribution in [3.8, 4) is 27.9 Å². The van der Waals surface area contributed by atoms with E-state index in [0.717, 1.165) is 49.7 Å². The van der Waals surface area contributed by atoms with Crippen molar-refractivity contribution in [3.05, 3.63) is 156 Å². The smallest absolute Gasteiger partial charge is 0.263 e. The van der Waals surface area contributed by atoms with Crippen LogP contribution < -0.4 is 4.90 Å². The Balaban J connectivity index is 1.39. The van der Waals surface area contributed by atoms with Gasteiger partial charge in [0.25, 0.3) is 5.91 Å². The molecule has 1 unspecified atom stereocenters. The molecule has 1 amide bonds. The van der Waals surface area contributed by atoms with E-state index in [4.69, 9.17) is 0 Å². The van der Waals surface area contributed by atoms with Crippen molar-refractivity contribution < 1.29 is 9.90 Å². The molecule has 1 N–H and O–H groups in total. The minimum absolute atomic E-state index is 0.224. The molecular formula is C40H30N2O2. The highest BCUT2D eigenvalue weighted by Gasteiger charge is 2.41. The van der Waals surface area contributed by atoms with E-state index in [1.165, 1.54) is 11.1 Å². The molecule has 0 bridgehead atoms. The zero-order chi connectivity index (χ0) is 29.9. The van der Waals surface area contributed by atoms with Gasteiger partial charge in [-0.3, -0.25) is 9.69 Å². The second-order valence-corrected chi connectivity index (χ2v) is 11.6. The fourth-order valence-electron chi connectivity index (χ4n) is 6.80. The van der Waals surface area contributed by atoms with E-state index in [0.29, 0.717) is 16.8 Å². The highest BCUT2D eigenvalue weighted by atomic mass is 16.3. The van der Waals surface area contributed by atoms with Crippen LogP contribution in [0.15, 0.2) is 133 Å². The molecule has 2 heterocycles. The first-order chi connectivity index (χ1) is 21.5. The zero-order valence-electron chi connectivity index (χ0n) is 24.5. The number of carbonyl (C=O) groups excluding carboxylic acids is 1. The first kappa shape index (κ1) is 26.2. The molecule has 1 aliphatic heterocycles. The Bertz CT molecular complexity index is 2120. The van der Waals surface area contributed by atoms with Crippen molar-refractivity contribution in [2.75, 3.05) is 4.90 Å². The average Bonchev–Trinajstić information content (AvgIpc) is 3.51. The molecule has 6 aromatic carbocycles. The summed E-state index contributed by atoms with van der Waals surface area (Å²) in [6.45, 7) is 4.20. The van der Waals surface area contributed by atoms with Gasteiger partial charge in [0.05, 0.1) is 28.0 Å². The molecule has 0 radical (unpaired) electrons. The Morgan fingerprint density at radius 1 is 0.591 bits per heavy atom. The van der Waals surface area contributed by atoms with E-state index >= 15 is 0 Å². The minimum Gasteiger partial charge on any atom is -0.369 e. The molecule has 44 heavy (non-hydrogen) atoms. The van der Waals surface area contributed by atoms with Crippen LogP contribution in [0.5, 0.6) is 0 Å². The third-order valence-electron chi connectivity index (χ3n) is 8.79. The van der Waals surface area contributed by atoms with Gasteiger partial charge in [-0.1, -0.05) is 114 Å². The van der Waals surface area contributed by atoms with Crippen molar-refractivity contribution in [3.63, 3.8) is 0 Å². The summed E-state index contributed by atoms with van der Waals surface area (Å²) in [6, 6.07) is 44.9. The lowest BCUT2D eigenvalue weighted by atomic mass is 9.95. The largest absolute Gasteiger partial charge is 0.369 e. The number of aromatic nitrogens is 1. The Kier molecular flexibility index (Phi) is 6.00. The first-order valence-corrected chi connectivity index (χ1v) is 14.9. The SMILES string of the molecule is Cc1ccc2c(c1)c1cc(C)ccc1n2-c1cccc2c1C(=O)N(c1c(-c3ccccc3)cccc1-c1ccccc1)C2O. The summed E-state index contributed by atoms with van der Waals surface area (Å²) in [5.74, 6) is -0.224. The summed E-state index contributed by atoms with van der Waals surface area (Å²) in [6.07, 6.45) is -1.15. The maximum absolute atomic E-state index is 14.8. The van der Waals surface area contributed by atoms with Crippen LogP contribution in [0.3, 0.4) is 0 Å². The normalized spacial score (nSPS) is 14.5. The van der Waals surface area contributed by atoms with Gasteiger partial charge in [0.2, 0.25) is 0 Å². The van der Waals surface area contributed by atoms with Crippen LogP contribution in [0.2, 0.25) is 0 Å². The number of para-hydroxylation sites is 1. The number of aliphatic hydroxyl groups is 1. The van der Waals surface area contributed by atoms with Gasteiger partial charge in [0.1, 0.15) is 0 Å². The fraction of sp³-hybridized carbons (Fsp3) is 0.0750. The van der Waals surface area contributed by atoms with Gasteiger partial charge in [-0.2, -0.15) is 0 Å². The standard InChI is InChI=1S/C40H30N2O2/c1-25-19-21-34-32(23-25)33-24-26(2)20-22-35(33)41(34)36-18-10-17-31-37(36)40(44)42(39(31)43)38-29(27-11-5-3-6-12-27)15-9-16-30(38)28-13-7-4-8-14-28/h3-24,39,43H,1-2H3. The summed E-state index contributed by atoms with van der Waals surface area (Å²) < 4.78 is 2.18. The average molecular weight is 571 g/mol. The molecular weight excluding hydrogens is 540 g/mol. The first-order valence-electron chi connectivity index (χ1n) is 14.9. The van der Waals surface area contributed by atoms with Crippen LogP contribution in [-0.2, 0) is 0 Å². The lowest BCUT2D eigenvalue weighted by Crippen LogP contribution is -2.29. The van der Waals surface area contributed by atoms with E-state index in [-0.39, 0.29) is 5.91 Å². The molecule has 0 spiro atoms. The number of hydrogen-bond donors (Lipinski definition) is 1. The van der Waals surface area contributed by atoms with E-state index in [9.17, 15) is 9.90 Å². The summed E-state index contributed by atoms with van der Waals surface area (Å²) in [5, 5.41) is 14.3. The Morgan fingerprint density at radius 3 is 1.66 bits per heavy atom. The third-order valence-corrected chi connectivity index (χ3v) is 8.79. The van der Waals surface area contributed by atoms with Gasteiger partial charge in [-0.25, -0.2) is 0 Å². The van der Waals surface area contributed by atoms with Crippen LogP contribution in [-0.4, -0.2) is 15.6 Å². The molecule has 0 aliphatic carbocycles. The molecule has 1 aromatic heterocycles. The number of benzene rings is 6. The second-order valence-electron chi connectivity index (χ2n) is 11.6. The Labute approximate surface area is 256 Å². The van der Waals surface area contributed by atoms with Crippen molar-refractivity contribution in [1.82, 2.24) is 4.57 Å². The predicted octanol–water partition coefficient (Wildman–Crippen LogP) is 9.39. The predicted molar refractivity (Wildman–Crippen MR) is 179 cm³/mol. The third kappa shape index (κ3) is 3.92. The van der Waals surface area contributed by atoms with Crippen molar-refractivity contribution in [2.45, 2.75) is 20.1 Å². The van der Waals surface area contributed by atoms with Gasteiger partial charge in [0.15, 0.2) is 6.23 Å². The Hall–Kier alpha value is -5.45. The molecule has 4 heteroatoms. The van der Waals surface area contributed by atoms with Crippen molar-refractivity contribution in [1.29, 1.82) is 0 Å². The van der Waals surface area contributed by atoms with Crippen LogP contribution in [0.1, 0.15) is 33.3 Å². The summed E-state index contributed by atoms with van der Waals surface area (Å²) in [4.78, 5) is 16.4. The van der Waals surface area contributed by atoms with Gasteiger partial charge in [-0.15, -0.1) is 0 Å². The maximum Gasteiger partial charge on any atom is 0.263 e. The van der Waals surface area contributed by atoms with Gasteiger partial charge >= 0.3 is 0 Å². The van der Waals surface area contributed by atoms with E-state index in [1.54, 1.807) is 4.90 Å². The number of nitrogens with zero attached hydrogens (tertiary/aromatic N) is 2. The van der Waals surface area contributed by atoms with Gasteiger partial charge in [-0.05, 0) is 55.3 Å². The number of rotatable bonds is 4. The van der Waals surface area contributed by atoms with Crippen molar-refractivity contribution in [2.24, 2.45) is 0 Å². The molecule has 1 aliphatic rings. The molecule has 212 valence electrons. The summed E-state index contributed by atoms with van der Waals surface area (Å²) >= 11 is 0. The van der Waals surface area contributed by atoms with E-state index < -0.39 is 6.23 Å². The quantitative estimate of drug-likeness (QED) is 0.229. The number of hydrogen-bond acceptors (Lipinski definition) is 2. The molecule has 7 aromatic rings. The number of aliphatic hydroxyl groups excluding tert-OH is 1. The topological polar surface area (TPSA) is 45.5 Å². The number of fused-ring (bicyclic) bond motifs is 4. The molecule has 0 fully saturated rings. The monoisotopic (exact) mass is 570 g/mol. The molecule has 8 rings (SSSR count). The Morgan fingerprint density at radius 2 is 1.11 bits per heavy atom. The van der Waals surface area contributed by atoms with Crippen LogP contribution in [0.4, 0.5) is 5.69 Å². The van der Waals surface area contributed by atoms with Crippen LogP contribution >= 0.6 is 0 Å². The van der Waals surface area contributed by atoms with Crippen molar-refractivity contribution >= 4 is 33.4 Å². The number of anilines is 1. The molecule has 1 atom stereocenters. The highest BCUT2D eigenvalue weighted by molar-refractivity contribution is 6.18. The highest BCUT2D eigenvalue weighted by Crippen LogP contribution is 2.47. The minimum atomic E-state index is -1.15. The summed E-state index contributed by atoms with van der Waals surface area (Å²) in [5.41, 5.74) is 10.7. The lowest BCUT2D eigenvalue weighted by molar-refractivity contribution is 0.0936. The molecule has 0 saturated heterocycles. The van der Waals surface area contributed by atoms with Gasteiger partial charge in [0, 0.05) is 27.5 Å². The van der Waals surface area contributed by atoms with Crippen LogP contribution in [0.25, 0.3) is 49.7 Å². The number of carbonyl (C=O) groups is 1. The van der Waals surface area contributed by atoms with Gasteiger partial charge < -0.3 is 9.67 Å². The molecule has 0 saturated carbocycles. The van der Waals surface area contributed by atoms with E-state index in [2.05, 4.69) is 54.8 Å². The summed E-state index contributed by atoms with van der Waals surface area (Å²) in [7, 11) is 0. The molecule has 4 nitrogen and oxygen atoms in total. The van der Waals surface area contributed by atoms with Crippen LogP contribution in [0, 0.1) is 13.8 Å².